The van der Waals surface area contributed by atoms with Crippen molar-refractivity contribution in [3.8, 4) is 11.6 Å². The quantitative estimate of drug-likeness (QED) is 0.794. The number of carbonyl (C=O) groups excluding carboxylic acids is 1. The zero-order chi connectivity index (χ0) is 15.4. The van der Waals surface area contributed by atoms with Crippen LogP contribution in [0.3, 0.4) is 0 Å². The SMILES string of the molecule is O=C(Cc1nnc(-c2cnccn2)o1)Nc1ccccc1Cl. The van der Waals surface area contributed by atoms with Gasteiger partial charge in [-0.3, -0.25) is 9.78 Å². The van der Waals surface area contributed by atoms with E-state index in [0.29, 0.717) is 16.4 Å². The van der Waals surface area contributed by atoms with Crippen LogP contribution >= 0.6 is 11.6 Å². The van der Waals surface area contributed by atoms with Crippen LogP contribution in [0.4, 0.5) is 5.69 Å². The standard InChI is InChI=1S/C14H10ClN5O2/c15-9-3-1-2-4-10(9)18-12(21)7-13-19-20-14(22-13)11-8-16-5-6-17-11/h1-6,8H,7H2,(H,18,21). The van der Waals surface area contributed by atoms with Crippen molar-refractivity contribution < 1.29 is 9.21 Å². The van der Waals surface area contributed by atoms with E-state index in [1.165, 1.54) is 18.6 Å². The first-order chi connectivity index (χ1) is 10.7. The highest BCUT2D eigenvalue weighted by molar-refractivity contribution is 6.33. The second-order valence-electron chi connectivity index (χ2n) is 4.30. The Balaban J connectivity index is 1.68. The van der Waals surface area contributed by atoms with Crippen molar-refractivity contribution in [2.24, 2.45) is 0 Å². The van der Waals surface area contributed by atoms with Crippen molar-refractivity contribution in [2.45, 2.75) is 6.42 Å². The second-order valence-corrected chi connectivity index (χ2v) is 4.70. The van der Waals surface area contributed by atoms with E-state index < -0.39 is 0 Å². The summed E-state index contributed by atoms with van der Waals surface area (Å²) in [6.45, 7) is 0. The van der Waals surface area contributed by atoms with E-state index in [1.807, 2.05) is 0 Å². The van der Waals surface area contributed by atoms with E-state index in [1.54, 1.807) is 24.3 Å². The van der Waals surface area contributed by atoms with Crippen molar-refractivity contribution in [1.82, 2.24) is 20.2 Å². The minimum atomic E-state index is -0.303. The normalized spacial score (nSPS) is 10.4. The number of halogens is 1. The molecule has 0 aliphatic heterocycles. The van der Waals surface area contributed by atoms with Gasteiger partial charge in [-0.05, 0) is 12.1 Å². The number of amides is 1. The molecule has 3 aromatic rings. The highest BCUT2D eigenvalue weighted by Crippen LogP contribution is 2.20. The third-order valence-electron chi connectivity index (χ3n) is 2.71. The minimum absolute atomic E-state index is 0.0571. The molecule has 0 bridgehead atoms. The van der Waals surface area contributed by atoms with E-state index in [2.05, 4.69) is 25.5 Å². The highest BCUT2D eigenvalue weighted by atomic mass is 35.5. The fourth-order valence-corrected chi connectivity index (χ4v) is 1.92. The molecule has 0 aliphatic rings. The molecule has 2 aromatic heterocycles. The predicted octanol–water partition coefficient (Wildman–Crippen LogP) is 2.36. The fourth-order valence-electron chi connectivity index (χ4n) is 1.73. The van der Waals surface area contributed by atoms with Gasteiger partial charge in [-0.1, -0.05) is 23.7 Å². The van der Waals surface area contributed by atoms with Crippen molar-refractivity contribution >= 4 is 23.2 Å². The van der Waals surface area contributed by atoms with Crippen LogP contribution in [-0.4, -0.2) is 26.1 Å². The van der Waals surface area contributed by atoms with Gasteiger partial charge >= 0.3 is 0 Å². The number of anilines is 1. The number of hydrogen-bond acceptors (Lipinski definition) is 6. The summed E-state index contributed by atoms with van der Waals surface area (Å²) in [6, 6.07) is 6.96. The molecule has 3 rings (SSSR count). The monoisotopic (exact) mass is 315 g/mol. The first-order valence-corrected chi connectivity index (χ1v) is 6.73. The zero-order valence-corrected chi connectivity index (χ0v) is 12.0. The van der Waals surface area contributed by atoms with E-state index >= 15 is 0 Å². The number of aromatic nitrogens is 4. The maximum Gasteiger partial charge on any atom is 0.267 e. The molecule has 0 saturated carbocycles. The molecule has 110 valence electrons. The molecular weight excluding hydrogens is 306 g/mol. The molecule has 7 nitrogen and oxygen atoms in total. The van der Waals surface area contributed by atoms with Crippen molar-refractivity contribution in [1.29, 1.82) is 0 Å². The Morgan fingerprint density at radius 2 is 2.09 bits per heavy atom. The second kappa shape index (κ2) is 6.31. The Bertz CT molecular complexity index is 791. The number of nitrogens with one attached hydrogen (secondary N) is 1. The average molecular weight is 316 g/mol. The zero-order valence-electron chi connectivity index (χ0n) is 11.2. The largest absolute Gasteiger partial charge is 0.419 e. The lowest BCUT2D eigenvalue weighted by molar-refractivity contribution is -0.115. The predicted molar refractivity (Wildman–Crippen MR) is 79.1 cm³/mol. The first kappa shape index (κ1) is 14.2. The third kappa shape index (κ3) is 3.26. The van der Waals surface area contributed by atoms with Gasteiger partial charge < -0.3 is 9.73 Å². The average Bonchev–Trinajstić information content (AvgIpc) is 2.99. The van der Waals surface area contributed by atoms with E-state index in [-0.39, 0.29) is 24.1 Å². The van der Waals surface area contributed by atoms with Gasteiger partial charge in [-0.25, -0.2) is 4.98 Å². The molecule has 0 unspecified atom stereocenters. The molecule has 0 aliphatic carbocycles. The van der Waals surface area contributed by atoms with Gasteiger partial charge in [0, 0.05) is 12.4 Å². The van der Waals surface area contributed by atoms with Crippen molar-refractivity contribution in [2.75, 3.05) is 5.32 Å². The molecule has 1 amide bonds. The molecule has 0 atom stereocenters. The van der Waals surface area contributed by atoms with Crippen molar-refractivity contribution in [3.05, 3.63) is 53.8 Å². The summed E-state index contributed by atoms with van der Waals surface area (Å²) in [5.41, 5.74) is 0.982. The van der Waals surface area contributed by atoms with Gasteiger partial charge in [-0.2, -0.15) is 0 Å². The minimum Gasteiger partial charge on any atom is -0.419 e. The lowest BCUT2D eigenvalue weighted by Gasteiger charge is -2.04. The summed E-state index contributed by atoms with van der Waals surface area (Å²) in [5, 5.41) is 10.8. The van der Waals surface area contributed by atoms with Crippen LogP contribution in [0.5, 0.6) is 0 Å². The highest BCUT2D eigenvalue weighted by Gasteiger charge is 2.14. The van der Waals surface area contributed by atoms with E-state index in [0.717, 1.165) is 0 Å². The smallest absolute Gasteiger partial charge is 0.267 e. The summed E-state index contributed by atoms with van der Waals surface area (Å²) < 4.78 is 5.39. The summed E-state index contributed by atoms with van der Waals surface area (Å²) >= 11 is 5.97. The summed E-state index contributed by atoms with van der Waals surface area (Å²) in [4.78, 5) is 19.9. The lowest BCUT2D eigenvalue weighted by atomic mass is 10.3. The molecular formula is C14H10ClN5O2. The molecule has 0 fully saturated rings. The van der Waals surface area contributed by atoms with Gasteiger partial charge in [0.25, 0.3) is 5.89 Å². The van der Waals surface area contributed by atoms with Gasteiger partial charge in [0.2, 0.25) is 11.8 Å². The summed E-state index contributed by atoms with van der Waals surface area (Å²) in [7, 11) is 0. The molecule has 0 spiro atoms. The molecule has 2 heterocycles. The fraction of sp³-hybridized carbons (Fsp3) is 0.0714. The molecule has 1 N–H and O–H groups in total. The molecule has 0 saturated heterocycles. The number of nitrogens with zero attached hydrogens (tertiary/aromatic N) is 4. The first-order valence-electron chi connectivity index (χ1n) is 6.35. The summed E-state index contributed by atoms with van der Waals surface area (Å²) in [5.74, 6) is 0.0984. The Labute approximate surface area is 130 Å². The number of benzene rings is 1. The molecule has 22 heavy (non-hydrogen) atoms. The number of para-hydroxylation sites is 1. The van der Waals surface area contributed by atoms with Gasteiger partial charge in [-0.15, -0.1) is 10.2 Å². The van der Waals surface area contributed by atoms with Crippen LogP contribution in [0.2, 0.25) is 5.02 Å². The Morgan fingerprint density at radius 1 is 1.23 bits per heavy atom. The number of rotatable bonds is 4. The van der Waals surface area contributed by atoms with Gasteiger partial charge in [0.1, 0.15) is 12.1 Å². The van der Waals surface area contributed by atoms with Gasteiger partial charge in [0.15, 0.2) is 0 Å². The van der Waals surface area contributed by atoms with Crippen molar-refractivity contribution in [3.63, 3.8) is 0 Å². The van der Waals surface area contributed by atoms with Gasteiger partial charge in [0.05, 0.1) is 16.9 Å². The van der Waals surface area contributed by atoms with Crippen LogP contribution in [0.25, 0.3) is 11.6 Å². The summed E-state index contributed by atoms with van der Waals surface area (Å²) in [6.07, 6.45) is 4.50. The molecule has 1 aromatic carbocycles. The topological polar surface area (TPSA) is 93.8 Å². The number of hydrogen-bond donors (Lipinski definition) is 1. The lowest BCUT2D eigenvalue weighted by Crippen LogP contribution is -2.14. The van der Waals surface area contributed by atoms with Crippen LogP contribution in [0.1, 0.15) is 5.89 Å². The van der Waals surface area contributed by atoms with Crippen LogP contribution in [0.15, 0.2) is 47.3 Å². The Hall–Kier alpha value is -2.80. The maximum absolute atomic E-state index is 12.0. The number of carbonyl (C=O) groups is 1. The van der Waals surface area contributed by atoms with E-state index in [4.69, 9.17) is 16.0 Å². The third-order valence-corrected chi connectivity index (χ3v) is 3.04. The van der Waals surface area contributed by atoms with Crippen LogP contribution in [-0.2, 0) is 11.2 Å². The van der Waals surface area contributed by atoms with Crippen LogP contribution in [0, 0.1) is 0 Å². The Kier molecular flexibility index (Phi) is 4.06. The maximum atomic E-state index is 12.0. The Morgan fingerprint density at radius 3 is 2.86 bits per heavy atom. The molecule has 0 radical (unpaired) electrons. The molecule has 8 heteroatoms. The van der Waals surface area contributed by atoms with E-state index in [9.17, 15) is 4.79 Å². The van der Waals surface area contributed by atoms with Crippen LogP contribution < -0.4 is 5.32 Å².